The molecule has 3 atom stereocenters. The van der Waals surface area contributed by atoms with Crippen LogP contribution in [0.15, 0.2) is 46.9 Å². The summed E-state index contributed by atoms with van der Waals surface area (Å²) in [5.74, 6) is -1.97. The maximum Gasteiger partial charge on any atom is 0.255 e. The number of hydrogen-bond donors (Lipinski definition) is 2. The highest BCUT2D eigenvalue weighted by Crippen LogP contribution is 2.36. The molecule has 0 radical (unpaired) electrons. The molecule has 2 heterocycles. The predicted molar refractivity (Wildman–Crippen MR) is 135 cm³/mol. The molecule has 9 heteroatoms. The summed E-state index contributed by atoms with van der Waals surface area (Å²) in [6, 6.07) is 11.0. The zero-order valence-electron chi connectivity index (χ0n) is 20.0. The van der Waals surface area contributed by atoms with Crippen LogP contribution >= 0.6 is 15.9 Å². The minimum atomic E-state index is -1.01. The summed E-state index contributed by atoms with van der Waals surface area (Å²) >= 11 is 3.44. The topological polar surface area (TPSA) is 113 Å². The largest absolute Gasteiger partial charge is 0.368 e. The van der Waals surface area contributed by atoms with Crippen molar-refractivity contribution in [1.29, 1.82) is 0 Å². The van der Waals surface area contributed by atoms with Crippen LogP contribution in [0, 0.1) is 5.92 Å². The molecule has 4 amide bonds. The van der Waals surface area contributed by atoms with Gasteiger partial charge < -0.3 is 20.9 Å². The van der Waals surface area contributed by atoms with Crippen LogP contribution in [0.4, 0.5) is 5.69 Å². The lowest BCUT2D eigenvalue weighted by Gasteiger charge is -2.35. The van der Waals surface area contributed by atoms with E-state index in [0.29, 0.717) is 24.2 Å². The standard InChI is InChI=1S/C26H29BrN4O4/c1-14(2)10-22(31-13-15-11-16(27)8-9-17(15)25(31)34)26(35)30(3)21(23(28)32)12-19-18-6-4-5-7-20(18)29-24(19)33/h4-9,11,14,19,21-22H,10,12-13H2,1-3H3,(H2,28,32)(H,29,33)/t19-,21+,22+/m1/s1. The first-order valence-corrected chi connectivity index (χ1v) is 12.4. The lowest BCUT2D eigenvalue weighted by molar-refractivity contribution is -0.142. The van der Waals surface area contributed by atoms with Crippen LogP contribution in [-0.4, -0.2) is 52.6 Å². The van der Waals surface area contributed by atoms with Crippen molar-refractivity contribution < 1.29 is 19.2 Å². The molecule has 0 saturated heterocycles. The van der Waals surface area contributed by atoms with Crippen molar-refractivity contribution in [2.75, 3.05) is 12.4 Å². The van der Waals surface area contributed by atoms with Gasteiger partial charge in [0, 0.05) is 29.3 Å². The van der Waals surface area contributed by atoms with E-state index in [-0.39, 0.29) is 30.1 Å². The van der Waals surface area contributed by atoms with Gasteiger partial charge in [-0.05, 0) is 54.2 Å². The molecule has 2 aromatic carbocycles. The second kappa shape index (κ2) is 9.81. The first-order valence-electron chi connectivity index (χ1n) is 11.6. The summed E-state index contributed by atoms with van der Waals surface area (Å²) in [6.45, 7) is 4.27. The Morgan fingerprint density at radius 1 is 1.20 bits per heavy atom. The van der Waals surface area contributed by atoms with E-state index in [0.717, 1.165) is 15.6 Å². The molecule has 0 spiro atoms. The van der Waals surface area contributed by atoms with Crippen molar-refractivity contribution in [3.8, 4) is 0 Å². The number of primary amides is 1. The molecule has 0 aliphatic carbocycles. The second-order valence-corrected chi connectivity index (χ2v) is 10.5. The number of nitrogens with one attached hydrogen (secondary N) is 1. The smallest absolute Gasteiger partial charge is 0.255 e. The molecule has 0 fully saturated rings. The van der Waals surface area contributed by atoms with Gasteiger partial charge in [0.25, 0.3) is 5.91 Å². The van der Waals surface area contributed by atoms with Gasteiger partial charge in [0.05, 0.1) is 5.92 Å². The van der Waals surface area contributed by atoms with Gasteiger partial charge in [-0.3, -0.25) is 19.2 Å². The predicted octanol–water partition coefficient (Wildman–Crippen LogP) is 3.26. The summed E-state index contributed by atoms with van der Waals surface area (Å²) in [5, 5.41) is 2.82. The van der Waals surface area contributed by atoms with Crippen LogP contribution in [0.3, 0.4) is 0 Å². The van der Waals surface area contributed by atoms with E-state index in [1.54, 1.807) is 23.1 Å². The number of fused-ring (bicyclic) bond motifs is 2. The lowest BCUT2D eigenvalue weighted by Crippen LogP contribution is -2.54. The number of nitrogens with two attached hydrogens (primary N) is 1. The van der Waals surface area contributed by atoms with Crippen LogP contribution in [0.25, 0.3) is 0 Å². The highest BCUT2D eigenvalue weighted by molar-refractivity contribution is 9.10. The summed E-state index contributed by atoms with van der Waals surface area (Å²) in [5.41, 5.74) is 8.63. The lowest BCUT2D eigenvalue weighted by atomic mass is 9.91. The molecule has 0 bridgehead atoms. The molecule has 3 N–H and O–H groups in total. The van der Waals surface area contributed by atoms with E-state index in [2.05, 4.69) is 21.2 Å². The van der Waals surface area contributed by atoms with E-state index in [9.17, 15) is 19.2 Å². The molecular formula is C26H29BrN4O4. The Balaban J connectivity index is 1.59. The summed E-state index contributed by atoms with van der Waals surface area (Å²) in [4.78, 5) is 55.0. The highest BCUT2D eigenvalue weighted by atomic mass is 79.9. The fraction of sp³-hybridized carbons (Fsp3) is 0.385. The Morgan fingerprint density at radius 3 is 2.60 bits per heavy atom. The minimum Gasteiger partial charge on any atom is -0.368 e. The average molecular weight is 541 g/mol. The fourth-order valence-corrected chi connectivity index (χ4v) is 5.37. The fourth-order valence-electron chi connectivity index (χ4n) is 4.96. The number of anilines is 1. The summed E-state index contributed by atoms with van der Waals surface area (Å²) in [7, 11) is 1.52. The van der Waals surface area contributed by atoms with Gasteiger partial charge in [-0.15, -0.1) is 0 Å². The normalized spacial score (nSPS) is 18.2. The number of likely N-dealkylation sites (N-methyl/N-ethyl adjacent to an activating group) is 1. The third kappa shape index (κ3) is 4.82. The van der Waals surface area contributed by atoms with E-state index in [4.69, 9.17) is 5.73 Å². The van der Waals surface area contributed by atoms with Gasteiger partial charge in [0.2, 0.25) is 17.7 Å². The molecule has 0 aromatic heterocycles. The summed E-state index contributed by atoms with van der Waals surface area (Å²) in [6.07, 6.45) is 0.498. The van der Waals surface area contributed by atoms with E-state index >= 15 is 0 Å². The van der Waals surface area contributed by atoms with Gasteiger partial charge >= 0.3 is 0 Å². The second-order valence-electron chi connectivity index (χ2n) is 9.61. The van der Waals surface area contributed by atoms with Crippen molar-refractivity contribution in [3.63, 3.8) is 0 Å². The molecule has 2 aliphatic rings. The molecule has 0 unspecified atom stereocenters. The van der Waals surface area contributed by atoms with Crippen LogP contribution in [0.5, 0.6) is 0 Å². The van der Waals surface area contributed by atoms with Crippen LogP contribution in [0.1, 0.15) is 54.1 Å². The number of amides is 4. The Bertz CT molecular complexity index is 1200. The average Bonchev–Trinajstić information content (AvgIpc) is 3.29. The quantitative estimate of drug-likeness (QED) is 0.534. The highest BCUT2D eigenvalue weighted by Gasteiger charge is 2.42. The Morgan fingerprint density at radius 2 is 1.91 bits per heavy atom. The van der Waals surface area contributed by atoms with Gasteiger partial charge in [-0.2, -0.15) is 0 Å². The van der Waals surface area contributed by atoms with Gasteiger partial charge in [-0.1, -0.05) is 48.0 Å². The molecule has 4 rings (SSSR count). The third-order valence-corrected chi connectivity index (χ3v) is 7.26. The summed E-state index contributed by atoms with van der Waals surface area (Å²) < 4.78 is 0.860. The molecule has 35 heavy (non-hydrogen) atoms. The van der Waals surface area contributed by atoms with Gasteiger partial charge in [0.1, 0.15) is 12.1 Å². The Hall–Kier alpha value is -3.20. The molecular weight excluding hydrogens is 512 g/mol. The Kier molecular flexibility index (Phi) is 6.98. The number of carbonyl (C=O) groups is 4. The van der Waals surface area contributed by atoms with E-state index in [1.807, 2.05) is 38.1 Å². The molecule has 2 aliphatic heterocycles. The zero-order chi connectivity index (χ0) is 25.4. The van der Waals surface area contributed by atoms with Gasteiger partial charge in [0.15, 0.2) is 0 Å². The third-order valence-electron chi connectivity index (χ3n) is 6.77. The number of halogens is 1. The van der Waals surface area contributed by atoms with Crippen molar-refractivity contribution in [2.45, 2.75) is 51.2 Å². The molecule has 2 aromatic rings. The van der Waals surface area contributed by atoms with E-state index < -0.39 is 23.9 Å². The molecule has 0 saturated carbocycles. The van der Waals surface area contributed by atoms with E-state index in [1.165, 1.54) is 11.9 Å². The number of carbonyl (C=O) groups excluding carboxylic acids is 4. The number of hydrogen-bond acceptors (Lipinski definition) is 4. The minimum absolute atomic E-state index is 0.0654. The van der Waals surface area contributed by atoms with Crippen molar-refractivity contribution >= 4 is 45.2 Å². The van der Waals surface area contributed by atoms with Crippen molar-refractivity contribution in [3.05, 3.63) is 63.6 Å². The number of para-hydroxylation sites is 1. The monoisotopic (exact) mass is 540 g/mol. The van der Waals surface area contributed by atoms with Crippen molar-refractivity contribution in [2.24, 2.45) is 11.7 Å². The van der Waals surface area contributed by atoms with Crippen LogP contribution < -0.4 is 11.1 Å². The van der Waals surface area contributed by atoms with Gasteiger partial charge in [-0.25, -0.2) is 0 Å². The maximum atomic E-state index is 13.8. The van der Waals surface area contributed by atoms with Crippen molar-refractivity contribution in [1.82, 2.24) is 9.80 Å². The molecule has 184 valence electrons. The Labute approximate surface area is 213 Å². The molecule has 8 nitrogen and oxygen atoms in total. The maximum absolute atomic E-state index is 13.8. The van der Waals surface area contributed by atoms with Crippen LogP contribution in [-0.2, 0) is 20.9 Å². The number of rotatable bonds is 8. The SMILES string of the molecule is CC(C)C[C@@H](C(=O)N(C)[C@@H](C[C@H]1C(=O)Nc2ccccc21)C(N)=O)N1Cc2cc(Br)ccc2C1=O. The first-order chi connectivity index (χ1) is 16.6. The number of benzene rings is 2. The zero-order valence-corrected chi connectivity index (χ0v) is 21.5. The number of nitrogens with zero attached hydrogens (tertiary/aromatic N) is 2. The first kappa shape index (κ1) is 24.9. The van der Waals surface area contributed by atoms with Crippen LogP contribution in [0.2, 0.25) is 0 Å².